The fourth-order valence-electron chi connectivity index (χ4n) is 1.73. The van der Waals surface area contributed by atoms with Crippen LogP contribution in [-0.4, -0.2) is 0 Å². The van der Waals surface area contributed by atoms with Gasteiger partial charge in [0.2, 0.25) is 0 Å². The summed E-state index contributed by atoms with van der Waals surface area (Å²) in [5, 5.41) is 11.8. The Morgan fingerprint density at radius 1 is 1.30 bits per heavy atom. The van der Waals surface area contributed by atoms with E-state index in [0.29, 0.717) is 18.0 Å². The first kappa shape index (κ1) is 14.0. The molecule has 3 nitrogen and oxygen atoms in total. The monoisotopic (exact) mass is 280 g/mol. The predicted octanol–water partition coefficient (Wildman–Crippen LogP) is 4.09. The number of nitrogens with one attached hydrogen (secondary N) is 1. The fraction of sp³-hybridized carbons (Fsp3) is 0.214. The van der Waals surface area contributed by atoms with Gasteiger partial charge < -0.3 is 9.73 Å². The normalized spacial score (nSPS) is 11.2. The standard InChI is InChI=1S/C14H11F3N2O/c1-9-4-5-20-13(9)8-19-12-3-2-11(14(15,16)17)6-10(12)7-18/h2-6,19H,8H2,1H3. The molecule has 20 heavy (non-hydrogen) atoms. The van der Waals surface area contributed by atoms with E-state index in [9.17, 15) is 13.2 Å². The van der Waals surface area contributed by atoms with Crippen LogP contribution >= 0.6 is 0 Å². The highest BCUT2D eigenvalue weighted by Gasteiger charge is 2.31. The molecule has 1 N–H and O–H groups in total. The van der Waals surface area contributed by atoms with Crippen molar-refractivity contribution < 1.29 is 17.6 Å². The Morgan fingerprint density at radius 3 is 2.60 bits per heavy atom. The van der Waals surface area contributed by atoms with Gasteiger partial charge in [-0.2, -0.15) is 18.4 Å². The van der Waals surface area contributed by atoms with E-state index in [4.69, 9.17) is 9.68 Å². The van der Waals surface area contributed by atoms with Crippen LogP contribution in [0.25, 0.3) is 0 Å². The van der Waals surface area contributed by atoms with Gasteiger partial charge in [-0.3, -0.25) is 0 Å². The molecule has 1 aromatic carbocycles. The maximum absolute atomic E-state index is 12.6. The van der Waals surface area contributed by atoms with Crippen molar-refractivity contribution in [3.63, 3.8) is 0 Å². The van der Waals surface area contributed by atoms with E-state index >= 15 is 0 Å². The summed E-state index contributed by atoms with van der Waals surface area (Å²) in [6.07, 6.45) is -2.92. The number of nitriles is 1. The molecular formula is C14H11F3N2O. The Morgan fingerprint density at radius 2 is 2.05 bits per heavy atom. The van der Waals surface area contributed by atoms with Crippen LogP contribution in [0.1, 0.15) is 22.5 Å². The van der Waals surface area contributed by atoms with Crippen molar-refractivity contribution in [2.45, 2.75) is 19.6 Å². The number of alkyl halides is 3. The summed E-state index contributed by atoms with van der Waals surface area (Å²) in [6, 6.07) is 6.57. The smallest absolute Gasteiger partial charge is 0.416 e. The van der Waals surface area contributed by atoms with Crippen LogP contribution in [0.2, 0.25) is 0 Å². The summed E-state index contributed by atoms with van der Waals surface area (Å²) in [6.45, 7) is 2.16. The van der Waals surface area contributed by atoms with Crippen molar-refractivity contribution in [1.82, 2.24) is 0 Å². The Labute approximate surface area is 113 Å². The van der Waals surface area contributed by atoms with Crippen LogP contribution in [0.15, 0.2) is 34.9 Å². The number of benzene rings is 1. The van der Waals surface area contributed by atoms with Gasteiger partial charge in [-0.15, -0.1) is 0 Å². The fourth-order valence-corrected chi connectivity index (χ4v) is 1.73. The van der Waals surface area contributed by atoms with Crippen molar-refractivity contribution in [2.24, 2.45) is 0 Å². The molecule has 2 rings (SSSR count). The van der Waals surface area contributed by atoms with Gasteiger partial charge in [-0.1, -0.05) is 0 Å². The molecule has 0 aliphatic heterocycles. The summed E-state index contributed by atoms with van der Waals surface area (Å²) in [5.74, 6) is 0.675. The van der Waals surface area contributed by atoms with Crippen molar-refractivity contribution in [3.05, 3.63) is 53.0 Å². The summed E-state index contributed by atoms with van der Waals surface area (Å²) in [5.41, 5.74) is 0.386. The molecule has 104 valence electrons. The minimum atomic E-state index is -4.46. The lowest BCUT2D eigenvalue weighted by Crippen LogP contribution is -2.07. The van der Waals surface area contributed by atoms with Gasteiger partial charge in [0.25, 0.3) is 0 Å². The third kappa shape index (κ3) is 2.94. The van der Waals surface area contributed by atoms with Crippen LogP contribution in [0.3, 0.4) is 0 Å². The van der Waals surface area contributed by atoms with Gasteiger partial charge in [0.05, 0.1) is 29.6 Å². The molecular weight excluding hydrogens is 269 g/mol. The van der Waals surface area contributed by atoms with Gasteiger partial charge in [0.1, 0.15) is 11.8 Å². The molecule has 0 fully saturated rings. The number of hydrogen-bond acceptors (Lipinski definition) is 3. The van der Waals surface area contributed by atoms with Crippen LogP contribution in [0.4, 0.5) is 18.9 Å². The van der Waals surface area contributed by atoms with E-state index in [2.05, 4.69) is 5.32 Å². The zero-order valence-electron chi connectivity index (χ0n) is 10.6. The molecule has 0 saturated heterocycles. The number of rotatable bonds is 3. The summed E-state index contributed by atoms with van der Waals surface area (Å²) < 4.78 is 42.9. The first-order valence-electron chi connectivity index (χ1n) is 5.80. The van der Waals surface area contributed by atoms with Gasteiger partial charge in [-0.25, -0.2) is 0 Å². The van der Waals surface area contributed by atoms with Gasteiger partial charge in [-0.05, 0) is 36.8 Å². The summed E-state index contributed by atoms with van der Waals surface area (Å²) in [4.78, 5) is 0. The van der Waals surface area contributed by atoms with Crippen LogP contribution in [-0.2, 0) is 12.7 Å². The van der Waals surface area contributed by atoms with Crippen molar-refractivity contribution >= 4 is 5.69 Å². The van der Waals surface area contributed by atoms with Gasteiger partial charge in [0.15, 0.2) is 0 Å². The van der Waals surface area contributed by atoms with E-state index < -0.39 is 11.7 Å². The molecule has 0 bridgehead atoms. The molecule has 0 spiro atoms. The number of anilines is 1. The van der Waals surface area contributed by atoms with Crippen molar-refractivity contribution in [3.8, 4) is 6.07 Å². The average molecular weight is 280 g/mol. The third-order valence-electron chi connectivity index (χ3n) is 2.87. The highest BCUT2D eigenvalue weighted by atomic mass is 19.4. The van der Waals surface area contributed by atoms with Gasteiger partial charge in [0, 0.05) is 0 Å². The molecule has 0 radical (unpaired) electrons. The molecule has 1 heterocycles. The van der Waals surface area contributed by atoms with Gasteiger partial charge >= 0.3 is 6.18 Å². The Hall–Kier alpha value is -2.42. The number of halogens is 3. The van der Waals surface area contributed by atoms with E-state index in [1.54, 1.807) is 12.1 Å². The van der Waals surface area contributed by atoms with E-state index in [1.165, 1.54) is 12.3 Å². The molecule has 0 unspecified atom stereocenters. The van der Waals surface area contributed by atoms with Crippen LogP contribution < -0.4 is 5.32 Å². The average Bonchev–Trinajstić information content (AvgIpc) is 2.80. The molecule has 0 aliphatic carbocycles. The van der Waals surface area contributed by atoms with Crippen molar-refractivity contribution in [2.75, 3.05) is 5.32 Å². The highest BCUT2D eigenvalue weighted by Crippen LogP contribution is 2.31. The molecule has 0 atom stereocenters. The maximum atomic E-state index is 12.6. The predicted molar refractivity (Wildman–Crippen MR) is 66.9 cm³/mol. The SMILES string of the molecule is Cc1ccoc1CNc1ccc(C(F)(F)F)cc1C#N. The largest absolute Gasteiger partial charge is 0.467 e. The Bertz CT molecular complexity index is 653. The van der Waals surface area contributed by atoms with E-state index in [1.807, 2.05) is 6.92 Å². The topological polar surface area (TPSA) is 49.0 Å². The second-order valence-electron chi connectivity index (χ2n) is 4.25. The minimum absolute atomic E-state index is 0.0518. The molecule has 0 amide bonds. The van der Waals surface area contributed by atoms with Crippen LogP contribution in [0, 0.1) is 18.3 Å². The molecule has 0 aliphatic rings. The second-order valence-corrected chi connectivity index (χ2v) is 4.25. The van der Waals surface area contributed by atoms with E-state index in [-0.39, 0.29) is 5.56 Å². The molecule has 2 aromatic rings. The minimum Gasteiger partial charge on any atom is -0.467 e. The van der Waals surface area contributed by atoms with Crippen LogP contribution in [0.5, 0.6) is 0 Å². The summed E-state index contributed by atoms with van der Waals surface area (Å²) in [7, 11) is 0. The zero-order valence-corrected chi connectivity index (χ0v) is 10.6. The van der Waals surface area contributed by atoms with Crippen molar-refractivity contribution in [1.29, 1.82) is 5.26 Å². The Kier molecular flexibility index (Phi) is 3.70. The third-order valence-corrected chi connectivity index (χ3v) is 2.87. The number of furan rings is 1. The first-order chi connectivity index (χ1) is 9.41. The van der Waals surface area contributed by atoms with E-state index in [0.717, 1.165) is 17.7 Å². The number of nitrogens with zero attached hydrogens (tertiary/aromatic N) is 1. The molecule has 6 heteroatoms. The maximum Gasteiger partial charge on any atom is 0.416 e. The Balaban J connectivity index is 2.21. The molecule has 0 saturated carbocycles. The molecule has 1 aromatic heterocycles. The second kappa shape index (κ2) is 5.29. The lowest BCUT2D eigenvalue weighted by molar-refractivity contribution is -0.137. The highest BCUT2D eigenvalue weighted by molar-refractivity contribution is 5.59. The summed E-state index contributed by atoms with van der Waals surface area (Å²) >= 11 is 0. The lowest BCUT2D eigenvalue weighted by atomic mass is 10.1. The number of hydrogen-bond donors (Lipinski definition) is 1. The zero-order chi connectivity index (χ0) is 14.8. The first-order valence-corrected chi connectivity index (χ1v) is 5.80. The quantitative estimate of drug-likeness (QED) is 0.921. The lowest BCUT2D eigenvalue weighted by Gasteiger charge is -2.11. The number of aryl methyl sites for hydroxylation is 1.